The number of rotatable bonds is 3. The van der Waals surface area contributed by atoms with Crippen LogP contribution in [0.4, 0.5) is 0 Å². The fourth-order valence-corrected chi connectivity index (χ4v) is 0.500. The highest BCUT2D eigenvalue weighted by Crippen LogP contribution is 1.79. The molecule has 0 heterocycles. The van der Waals surface area contributed by atoms with Crippen LogP contribution in [0.3, 0.4) is 0 Å². The van der Waals surface area contributed by atoms with E-state index in [1.807, 2.05) is 0 Å². The minimum atomic E-state index is 1.29. The Labute approximate surface area is 51.6 Å². The third-order valence-corrected chi connectivity index (χ3v) is 1.07. The quantitative estimate of drug-likeness (QED) is 0.355. The lowest BCUT2D eigenvalue weighted by atomic mass is 11.6. The molecular weight excluding hydrogens is 134 g/mol. The summed E-state index contributed by atoms with van der Waals surface area (Å²) in [6.45, 7) is 0. The smallest absolute Gasteiger partial charge is 0.0716 e. The molecule has 0 aliphatic rings. The maximum atomic E-state index is 4.43. The third-order valence-electron chi connectivity index (χ3n) is 0.164. The van der Waals surface area contributed by atoms with Crippen LogP contribution in [0.25, 0.3) is 0 Å². The Morgan fingerprint density at radius 1 is 1.50 bits per heavy atom. The number of hydrogen-bond donors (Lipinski definition) is 1. The van der Waals surface area contributed by atoms with Gasteiger partial charge in [-0.1, -0.05) is 24.4 Å². The van der Waals surface area contributed by atoms with Crippen LogP contribution in [0.5, 0.6) is 0 Å². The lowest BCUT2D eigenvalue weighted by Gasteiger charge is -1.81. The van der Waals surface area contributed by atoms with E-state index < -0.39 is 0 Å². The van der Waals surface area contributed by atoms with Crippen molar-refractivity contribution in [2.24, 2.45) is 0 Å². The molecule has 0 amide bonds. The van der Waals surface area contributed by atoms with E-state index in [1.165, 1.54) is 22.1 Å². The predicted molar refractivity (Wildman–Crippen MR) is 38.0 cm³/mol. The first kappa shape index (κ1) is 6.33. The molecule has 6 heavy (non-hydrogen) atoms. The van der Waals surface area contributed by atoms with Gasteiger partial charge in [-0.3, -0.25) is 0 Å². The Morgan fingerprint density at radius 3 is 2.33 bits per heavy atom. The summed E-state index contributed by atoms with van der Waals surface area (Å²) in [5.41, 5.74) is 1.41. The van der Waals surface area contributed by atoms with E-state index in [2.05, 4.69) is 29.2 Å². The molecule has 0 fully saturated rings. The molecule has 0 bridgehead atoms. The molecule has 1 nitrogen and oxygen atoms in total. The van der Waals surface area contributed by atoms with Gasteiger partial charge >= 0.3 is 0 Å². The summed E-state index contributed by atoms with van der Waals surface area (Å²) in [6, 6.07) is 0. The van der Waals surface area contributed by atoms with Crippen molar-refractivity contribution < 1.29 is 0 Å². The number of hydrogen-bond acceptors (Lipinski definition) is 3. The molecule has 4 heteroatoms. The molecule has 0 aliphatic heterocycles. The molecule has 34 valence electrons. The molecule has 0 atom stereocenters. The number of nitrogens with one attached hydrogen (secondary N) is 1. The summed E-state index contributed by atoms with van der Waals surface area (Å²) >= 11 is 10.1. The molecule has 0 aromatic rings. The lowest BCUT2D eigenvalue weighted by molar-refractivity contribution is 1.69. The zero-order chi connectivity index (χ0) is 4.83. The van der Waals surface area contributed by atoms with E-state index in [1.54, 1.807) is 0 Å². The van der Waals surface area contributed by atoms with Crippen LogP contribution in [0, 0.1) is 0 Å². The van der Waals surface area contributed by atoms with Crippen molar-refractivity contribution in [1.29, 1.82) is 0 Å². The third kappa shape index (κ3) is 4.33. The van der Waals surface area contributed by atoms with Gasteiger partial charge in [0.05, 0.1) is 10.2 Å². The van der Waals surface area contributed by atoms with Crippen LogP contribution in [0.1, 0.15) is 0 Å². The zero-order valence-electron chi connectivity index (χ0n) is 2.88. The number of thiocarbonyl (C=S) groups is 2. The second kappa shape index (κ2) is 5.33. The van der Waals surface area contributed by atoms with E-state index in [9.17, 15) is 0 Å². The fourth-order valence-electron chi connectivity index (χ4n) is 0.0556. The highest BCUT2D eigenvalue weighted by atomic mass is 32.2. The summed E-state index contributed by atoms with van der Waals surface area (Å²) < 4.78 is 4.15. The van der Waals surface area contributed by atoms with Crippen molar-refractivity contribution in [3.8, 4) is 0 Å². The molecule has 1 N–H and O–H groups in total. The van der Waals surface area contributed by atoms with Gasteiger partial charge in [-0.15, -0.1) is 0 Å². The Balaban J connectivity index is 2.66. The monoisotopic (exact) mass is 137 g/mol. The summed E-state index contributed by atoms with van der Waals surface area (Å²) in [7, 11) is 0. The van der Waals surface area contributed by atoms with Crippen LogP contribution in [-0.2, 0) is 0 Å². The molecule has 0 spiro atoms. The highest BCUT2D eigenvalue weighted by molar-refractivity contribution is 8.20. The van der Waals surface area contributed by atoms with E-state index in [0.717, 1.165) is 0 Å². The molecular formula is C2H3NS3. The predicted octanol–water partition coefficient (Wildman–Crippen LogP) is 1.14. The van der Waals surface area contributed by atoms with Crippen LogP contribution >= 0.6 is 36.4 Å². The van der Waals surface area contributed by atoms with E-state index in [0.29, 0.717) is 0 Å². The van der Waals surface area contributed by atoms with E-state index in [-0.39, 0.29) is 0 Å². The van der Waals surface area contributed by atoms with E-state index in [4.69, 9.17) is 0 Å². The zero-order valence-corrected chi connectivity index (χ0v) is 5.33. The van der Waals surface area contributed by atoms with Crippen LogP contribution in [-0.4, -0.2) is 10.2 Å². The van der Waals surface area contributed by atoms with Crippen molar-refractivity contribution in [2.45, 2.75) is 0 Å². The van der Waals surface area contributed by atoms with Gasteiger partial charge < -0.3 is 4.72 Å². The summed E-state index contributed by atoms with van der Waals surface area (Å²) in [5, 5.41) is 0. The van der Waals surface area contributed by atoms with Gasteiger partial charge in [-0.25, -0.2) is 0 Å². The second-order valence-corrected chi connectivity index (χ2v) is 1.93. The van der Waals surface area contributed by atoms with Crippen LogP contribution in [0.15, 0.2) is 0 Å². The topological polar surface area (TPSA) is 12.0 Å². The summed E-state index contributed by atoms with van der Waals surface area (Å²) in [6.07, 6.45) is 0. The molecule has 0 unspecified atom stereocenters. The largest absolute Gasteiger partial charge is 0.322 e. The maximum absolute atomic E-state index is 4.43. The van der Waals surface area contributed by atoms with Crippen LogP contribution < -0.4 is 4.72 Å². The minimum absolute atomic E-state index is 1.29. The minimum Gasteiger partial charge on any atom is -0.322 e. The first-order valence-electron chi connectivity index (χ1n) is 1.20. The van der Waals surface area contributed by atoms with Gasteiger partial charge in [-0.2, -0.15) is 0 Å². The Bertz CT molecular complexity index is 44.8. The fraction of sp³-hybridized carbons (Fsp3) is 0. The summed E-state index contributed by atoms with van der Waals surface area (Å²) in [4.78, 5) is 0. The standard InChI is InChI=1S/C2H3NS3/c4-1-3-6-2-5/h1-2H,(H,3,4). The molecule has 0 aromatic carbocycles. The molecule has 0 aromatic heterocycles. The maximum Gasteiger partial charge on any atom is 0.0716 e. The Hall–Kier alpha value is 0.330. The molecule has 0 saturated carbocycles. The van der Waals surface area contributed by atoms with Crippen molar-refractivity contribution in [2.75, 3.05) is 0 Å². The van der Waals surface area contributed by atoms with Crippen molar-refractivity contribution in [3.05, 3.63) is 0 Å². The lowest BCUT2D eigenvalue weighted by Crippen LogP contribution is -1.93. The summed E-state index contributed by atoms with van der Waals surface area (Å²) in [5.74, 6) is 0. The van der Waals surface area contributed by atoms with Crippen molar-refractivity contribution in [1.82, 2.24) is 4.72 Å². The van der Waals surface area contributed by atoms with Crippen LogP contribution in [0.2, 0.25) is 0 Å². The second-order valence-electron chi connectivity index (χ2n) is 0.450. The van der Waals surface area contributed by atoms with Gasteiger partial charge in [-0.05, 0) is 11.9 Å². The molecule has 0 aliphatic carbocycles. The normalized spacial score (nSPS) is 6.67. The van der Waals surface area contributed by atoms with Gasteiger partial charge in [0.2, 0.25) is 0 Å². The van der Waals surface area contributed by atoms with Gasteiger partial charge in [0.1, 0.15) is 0 Å². The first-order valence-corrected chi connectivity index (χ1v) is 3.02. The molecule has 0 radical (unpaired) electrons. The highest BCUT2D eigenvalue weighted by Gasteiger charge is 1.63. The van der Waals surface area contributed by atoms with Crippen molar-refractivity contribution >= 4 is 46.6 Å². The average Bonchev–Trinajstić information content (AvgIpc) is 1.61. The Morgan fingerprint density at radius 2 is 2.17 bits per heavy atom. The van der Waals surface area contributed by atoms with Gasteiger partial charge in [0.15, 0.2) is 0 Å². The molecule has 0 rings (SSSR count). The Kier molecular flexibility index (Phi) is 5.62. The van der Waals surface area contributed by atoms with Gasteiger partial charge in [0.25, 0.3) is 0 Å². The molecule has 0 saturated heterocycles. The first-order chi connectivity index (χ1) is 2.91. The van der Waals surface area contributed by atoms with Gasteiger partial charge in [0, 0.05) is 0 Å². The van der Waals surface area contributed by atoms with E-state index >= 15 is 0 Å². The SMILES string of the molecule is S=CNSC=S. The van der Waals surface area contributed by atoms with Crippen molar-refractivity contribution in [3.63, 3.8) is 0 Å². The average molecular weight is 137 g/mol.